The maximum Gasteiger partial charge on any atom is 0.233 e. The molecule has 6 nitrogen and oxygen atoms in total. The molecule has 0 aromatic carbocycles. The minimum atomic E-state index is -1.02. The van der Waals surface area contributed by atoms with Crippen LogP contribution >= 0.6 is 0 Å². The van der Waals surface area contributed by atoms with Crippen LogP contribution in [0.1, 0.15) is 34.1 Å². The molecule has 0 saturated carbocycles. The van der Waals surface area contributed by atoms with Crippen molar-refractivity contribution in [3.8, 4) is 0 Å². The Hall–Kier alpha value is -1.30. The van der Waals surface area contributed by atoms with Gasteiger partial charge in [0.05, 0.1) is 0 Å². The van der Waals surface area contributed by atoms with Crippen LogP contribution in [0.15, 0.2) is 5.16 Å². The summed E-state index contributed by atoms with van der Waals surface area (Å²) in [5.41, 5.74) is 4.41. The first-order valence-electron chi connectivity index (χ1n) is 5.92. The molecule has 0 rings (SSSR count). The number of carbonyl (C=O) groups is 1. The minimum Gasteiger partial charge on any atom is -0.409 e. The van der Waals surface area contributed by atoms with Gasteiger partial charge in [-0.3, -0.25) is 4.79 Å². The number of nitrogens with zero attached hydrogens (tertiary/aromatic N) is 1. The molecule has 18 heavy (non-hydrogen) atoms. The molecule has 1 amide bonds. The van der Waals surface area contributed by atoms with Crippen LogP contribution in [-0.4, -0.2) is 37.2 Å². The largest absolute Gasteiger partial charge is 0.409 e. The number of amidine groups is 1. The van der Waals surface area contributed by atoms with Gasteiger partial charge in [-0.2, -0.15) is 0 Å². The molecule has 4 N–H and O–H groups in total. The molecular formula is C12H25N3O3. The molecule has 0 saturated heterocycles. The fraction of sp³-hybridized carbons (Fsp3) is 0.833. The Kier molecular flexibility index (Phi) is 6.11. The van der Waals surface area contributed by atoms with E-state index >= 15 is 0 Å². The molecule has 6 heteroatoms. The maximum absolute atomic E-state index is 12.0. The smallest absolute Gasteiger partial charge is 0.233 e. The Labute approximate surface area is 109 Å². The zero-order chi connectivity index (χ0) is 14.4. The van der Waals surface area contributed by atoms with Crippen molar-refractivity contribution in [1.82, 2.24) is 5.32 Å². The zero-order valence-corrected chi connectivity index (χ0v) is 11.9. The summed E-state index contributed by atoms with van der Waals surface area (Å²) < 4.78 is 5.02. The van der Waals surface area contributed by atoms with Crippen molar-refractivity contribution >= 4 is 11.7 Å². The monoisotopic (exact) mass is 259 g/mol. The lowest BCUT2D eigenvalue weighted by molar-refractivity contribution is -0.126. The van der Waals surface area contributed by atoms with Gasteiger partial charge in [-0.25, -0.2) is 0 Å². The summed E-state index contributed by atoms with van der Waals surface area (Å²) in [6, 6.07) is 0. The normalized spacial score (nSPS) is 13.5. The first-order valence-corrected chi connectivity index (χ1v) is 5.92. The summed E-state index contributed by atoms with van der Waals surface area (Å²) in [6.45, 7) is 8.47. The molecule has 0 aliphatic heterocycles. The van der Waals surface area contributed by atoms with E-state index < -0.39 is 5.41 Å². The maximum atomic E-state index is 12.0. The Balaban J connectivity index is 4.42. The van der Waals surface area contributed by atoms with Gasteiger partial charge in [0.2, 0.25) is 5.91 Å². The zero-order valence-electron chi connectivity index (χ0n) is 11.9. The van der Waals surface area contributed by atoms with Gasteiger partial charge >= 0.3 is 0 Å². The Morgan fingerprint density at radius 3 is 2.39 bits per heavy atom. The van der Waals surface area contributed by atoms with Crippen LogP contribution in [0.3, 0.4) is 0 Å². The molecule has 0 spiro atoms. The van der Waals surface area contributed by atoms with Crippen molar-refractivity contribution in [2.45, 2.75) is 34.1 Å². The van der Waals surface area contributed by atoms with Crippen LogP contribution in [0.2, 0.25) is 0 Å². The molecule has 0 aliphatic carbocycles. The first-order chi connectivity index (χ1) is 8.17. The van der Waals surface area contributed by atoms with Gasteiger partial charge < -0.3 is 21.0 Å². The van der Waals surface area contributed by atoms with Crippen molar-refractivity contribution in [2.75, 3.05) is 20.3 Å². The Morgan fingerprint density at radius 2 is 1.94 bits per heavy atom. The van der Waals surface area contributed by atoms with Gasteiger partial charge in [0.1, 0.15) is 5.41 Å². The number of rotatable bonds is 7. The molecule has 0 bridgehead atoms. The molecule has 0 aromatic rings. The molecule has 0 radical (unpaired) electrons. The van der Waals surface area contributed by atoms with E-state index in [1.807, 2.05) is 13.8 Å². The number of amides is 1. The fourth-order valence-electron chi connectivity index (χ4n) is 1.25. The van der Waals surface area contributed by atoms with Gasteiger partial charge in [0.15, 0.2) is 5.84 Å². The van der Waals surface area contributed by atoms with Crippen LogP contribution < -0.4 is 11.1 Å². The quantitative estimate of drug-likeness (QED) is 0.274. The standard InChI is InChI=1S/C12H25N3O3/c1-11(2,6-7-18-5)8-14-10(16)12(3,4)9(13)15-17/h17H,6-8H2,1-5H3,(H2,13,15)(H,14,16). The van der Waals surface area contributed by atoms with E-state index in [2.05, 4.69) is 10.5 Å². The van der Waals surface area contributed by atoms with Crippen molar-refractivity contribution < 1.29 is 14.7 Å². The van der Waals surface area contributed by atoms with Crippen molar-refractivity contribution in [3.05, 3.63) is 0 Å². The lowest BCUT2D eigenvalue weighted by atomic mass is 9.87. The topological polar surface area (TPSA) is 96.9 Å². The number of nitrogens with two attached hydrogens (primary N) is 1. The van der Waals surface area contributed by atoms with E-state index in [0.717, 1.165) is 6.42 Å². The lowest BCUT2D eigenvalue weighted by Crippen LogP contribution is -2.48. The first kappa shape index (κ1) is 16.7. The predicted molar refractivity (Wildman–Crippen MR) is 70.5 cm³/mol. The average Bonchev–Trinajstić information content (AvgIpc) is 2.32. The number of oxime groups is 1. The van der Waals surface area contributed by atoms with Gasteiger partial charge in [0.25, 0.3) is 0 Å². The number of nitrogens with one attached hydrogen (secondary N) is 1. The molecule has 0 heterocycles. The van der Waals surface area contributed by atoms with Crippen LogP contribution in [0.5, 0.6) is 0 Å². The minimum absolute atomic E-state index is 0.0626. The highest BCUT2D eigenvalue weighted by molar-refractivity contribution is 6.05. The van der Waals surface area contributed by atoms with Gasteiger partial charge in [0, 0.05) is 20.3 Å². The predicted octanol–water partition coefficient (Wildman–Crippen LogP) is 0.938. The SMILES string of the molecule is COCCC(C)(C)CNC(=O)C(C)(C)C(N)=NO. The van der Waals surface area contributed by atoms with Gasteiger partial charge in [-0.15, -0.1) is 0 Å². The van der Waals surface area contributed by atoms with E-state index in [4.69, 9.17) is 15.7 Å². The second kappa shape index (κ2) is 6.58. The summed E-state index contributed by atoms with van der Waals surface area (Å²) in [4.78, 5) is 12.0. The molecule has 106 valence electrons. The second-order valence-electron chi connectivity index (χ2n) is 5.70. The highest BCUT2D eigenvalue weighted by Gasteiger charge is 2.33. The van der Waals surface area contributed by atoms with Crippen molar-refractivity contribution in [1.29, 1.82) is 0 Å². The molecular weight excluding hydrogens is 234 g/mol. The van der Waals surface area contributed by atoms with Crippen LogP contribution in [0.25, 0.3) is 0 Å². The summed E-state index contributed by atoms with van der Waals surface area (Å²) in [5, 5.41) is 14.3. The average molecular weight is 259 g/mol. The summed E-state index contributed by atoms with van der Waals surface area (Å²) in [7, 11) is 1.65. The molecule has 0 unspecified atom stereocenters. The summed E-state index contributed by atoms with van der Waals surface area (Å²) >= 11 is 0. The van der Waals surface area contributed by atoms with Crippen LogP contribution in [-0.2, 0) is 9.53 Å². The van der Waals surface area contributed by atoms with Crippen LogP contribution in [0.4, 0.5) is 0 Å². The van der Waals surface area contributed by atoms with E-state index in [9.17, 15) is 4.79 Å². The highest BCUT2D eigenvalue weighted by atomic mass is 16.5. The number of methoxy groups -OCH3 is 1. The molecule has 0 aromatic heterocycles. The van der Waals surface area contributed by atoms with Crippen molar-refractivity contribution in [2.24, 2.45) is 21.7 Å². The summed E-state index contributed by atoms with van der Waals surface area (Å²) in [6.07, 6.45) is 0.841. The highest BCUT2D eigenvalue weighted by Crippen LogP contribution is 2.20. The third kappa shape index (κ3) is 4.91. The Morgan fingerprint density at radius 1 is 1.39 bits per heavy atom. The molecule has 0 fully saturated rings. The second-order valence-corrected chi connectivity index (χ2v) is 5.70. The van der Waals surface area contributed by atoms with E-state index in [1.54, 1.807) is 21.0 Å². The number of hydrogen-bond acceptors (Lipinski definition) is 4. The van der Waals surface area contributed by atoms with E-state index in [-0.39, 0.29) is 17.2 Å². The third-order valence-corrected chi connectivity index (χ3v) is 3.03. The summed E-state index contributed by atoms with van der Waals surface area (Å²) in [5.74, 6) is -0.363. The number of carbonyl (C=O) groups excluding carboxylic acids is 1. The Bertz CT molecular complexity index is 312. The van der Waals surface area contributed by atoms with Crippen LogP contribution in [0, 0.1) is 10.8 Å². The van der Waals surface area contributed by atoms with Gasteiger partial charge in [-0.05, 0) is 25.7 Å². The number of ether oxygens (including phenoxy) is 1. The van der Waals surface area contributed by atoms with E-state index in [0.29, 0.717) is 13.2 Å². The van der Waals surface area contributed by atoms with E-state index in [1.165, 1.54) is 0 Å². The third-order valence-electron chi connectivity index (χ3n) is 3.03. The molecule has 0 atom stereocenters. The molecule has 0 aliphatic rings. The lowest BCUT2D eigenvalue weighted by Gasteiger charge is -2.28. The number of hydrogen-bond donors (Lipinski definition) is 3. The van der Waals surface area contributed by atoms with Gasteiger partial charge in [-0.1, -0.05) is 19.0 Å². The van der Waals surface area contributed by atoms with Crippen molar-refractivity contribution in [3.63, 3.8) is 0 Å². The fourth-order valence-corrected chi connectivity index (χ4v) is 1.25.